The Kier molecular flexibility index (Phi) is 33.1. The van der Waals surface area contributed by atoms with Gasteiger partial charge in [-0.2, -0.15) is 0 Å². The lowest BCUT2D eigenvalue weighted by atomic mass is 9.80. The maximum Gasteiger partial charge on any atom is 0.328 e. The molecule has 4 aliphatic rings. The highest BCUT2D eigenvalue weighted by Crippen LogP contribution is 2.33. The van der Waals surface area contributed by atoms with Crippen LogP contribution < -0.4 is 0 Å². The van der Waals surface area contributed by atoms with Crippen LogP contribution >= 0.6 is 0 Å². The Bertz CT molecular complexity index is 1770. The highest BCUT2D eigenvalue weighted by atomic mass is 16.6. The van der Waals surface area contributed by atoms with E-state index in [1.807, 2.05) is 59.8 Å². The lowest BCUT2D eigenvalue weighted by Gasteiger charge is -2.39. The molecular weight excluding hydrogens is 935 g/mol. The van der Waals surface area contributed by atoms with Crippen LogP contribution in [0.4, 0.5) is 0 Å². The minimum Gasteiger partial charge on any atom is -0.464 e. The van der Waals surface area contributed by atoms with E-state index < -0.39 is 53.7 Å². The number of carbonyl (C=O) groups is 5. The van der Waals surface area contributed by atoms with Crippen LogP contribution in [0, 0.1) is 41.4 Å². The van der Waals surface area contributed by atoms with Crippen molar-refractivity contribution in [1.82, 2.24) is 4.90 Å². The summed E-state index contributed by atoms with van der Waals surface area (Å²) in [5, 5.41) is 31.4. The zero-order valence-electron chi connectivity index (χ0n) is 47.6. The molecular formula is C58H99NO14. The second kappa shape index (κ2) is 35.8. The number of esters is 1. The largest absolute Gasteiger partial charge is 0.464 e. The van der Waals surface area contributed by atoms with E-state index in [2.05, 4.69) is 32.9 Å². The number of aliphatic hydroxyl groups is 3. The zero-order chi connectivity index (χ0) is 55.4. The van der Waals surface area contributed by atoms with Crippen molar-refractivity contribution in [2.45, 2.75) is 197 Å². The van der Waals surface area contributed by atoms with E-state index in [4.69, 9.17) is 28.4 Å². The van der Waals surface area contributed by atoms with Crippen molar-refractivity contribution >= 4 is 29.2 Å². The predicted molar refractivity (Wildman–Crippen MR) is 285 cm³/mol. The molecule has 420 valence electrons. The van der Waals surface area contributed by atoms with Gasteiger partial charge >= 0.3 is 5.97 Å². The SMILES string of the molecule is CC.CC.CO[C@@H](C(=O)C(C)C[C@H](C)C=C/C=C/C=C(\C)[C@H](C)OCC1COC1)C(O)/C(C)=C/[C@@H](C)C(C)=O.CO[C@@H]1C[C@H](C[C@@H](C)COC(=O)C2CCCCN2C(=O)C(=O)C2(O)OCCCC2C)CCC1O. The van der Waals surface area contributed by atoms with Gasteiger partial charge in [0.1, 0.15) is 24.0 Å². The van der Waals surface area contributed by atoms with E-state index in [0.717, 1.165) is 57.5 Å². The van der Waals surface area contributed by atoms with Crippen LogP contribution in [0.3, 0.4) is 0 Å². The number of hydrogen-bond donors (Lipinski definition) is 3. The molecule has 15 nitrogen and oxygen atoms in total. The van der Waals surface area contributed by atoms with Crippen molar-refractivity contribution < 1.29 is 67.7 Å². The molecule has 0 aromatic heterocycles. The van der Waals surface area contributed by atoms with E-state index in [1.54, 1.807) is 34.0 Å². The third-order valence-corrected chi connectivity index (χ3v) is 14.3. The Morgan fingerprint density at radius 3 is 2.11 bits per heavy atom. The van der Waals surface area contributed by atoms with E-state index in [9.17, 15) is 39.3 Å². The first-order valence-electron chi connectivity index (χ1n) is 27.4. The average Bonchev–Trinajstić information content (AvgIpc) is 3.37. The Hall–Kier alpha value is -3.41. The Labute approximate surface area is 439 Å². The minimum atomic E-state index is -2.14. The van der Waals surface area contributed by atoms with Crippen LogP contribution in [-0.2, 0) is 52.4 Å². The number of carbonyl (C=O) groups excluding carboxylic acids is 5. The summed E-state index contributed by atoms with van der Waals surface area (Å²) in [6.07, 6.45) is 16.3. The van der Waals surface area contributed by atoms with Gasteiger partial charge in [0.15, 0.2) is 5.78 Å². The lowest BCUT2D eigenvalue weighted by Crippen LogP contribution is -2.59. The van der Waals surface area contributed by atoms with Gasteiger partial charge in [0, 0.05) is 44.4 Å². The van der Waals surface area contributed by atoms with Crippen molar-refractivity contribution in [2.75, 3.05) is 53.8 Å². The van der Waals surface area contributed by atoms with Gasteiger partial charge in [-0.25, -0.2) is 4.79 Å². The van der Waals surface area contributed by atoms with Gasteiger partial charge in [0.2, 0.25) is 5.79 Å². The summed E-state index contributed by atoms with van der Waals surface area (Å²) >= 11 is 0. The molecule has 15 heteroatoms. The van der Waals surface area contributed by atoms with Crippen LogP contribution in [0.2, 0.25) is 0 Å². The second-order valence-electron chi connectivity index (χ2n) is 20.4. The van der Waals surface area contributed by atoms with Crippen molar-refractivity contribution in [3.63, 3.8) is 0 Å². The van der Waals surface area contributed by atoms with Crippen LogP contribution in [0.15, 0.2) is 47.6 Å². The lowest BCUT2D eigenvalue weighted by molar-refractivity contribution is -0.240. The summed E-state index contributed by atoms with van der Waals surface area (Å²) < 4.78 is 32.7. The van der Waals surface area contributed by atoms with Gasteiger partial charge in [-0.15, -0.1) is 0 Å². The first-order chi connectivity index (χ1) is 34.6. The molecule has 3 aliphatic heterocycles. The number of piperidine rings is 1. The molecule has 1 saturated carbocycles. The summed E-state index contributed by atoms with van der Waals surface area (Å²) in [5.41, 5.74) is 1.73. The number of rotatable bonds is 24. The zero-order valence-corrected chi connectivity index (χ0v) is 47.6. The Morgan fingerprint density at radius 2 is 1.52 bits per heavy atom. The van der Waals surface area contributed by atoms with Gasteiger partial charge in [0.05, 0.1) is 51.3 Å². The van der Waals surface area contributed by atoms with Gasteiger partial charge < -0.3 is 48.6 Å². The molecule has 3 saturated heterocycles. The summed E-state index contributed by atoms with van der Waals surface area (Å²) in [4.78, 5) is 64.6. The van der Waals surface area contributed by atoms with Gasteiger partial charge in [0.25, 0.3) is 11.7 Å². The highest BCUT2D eigenvalue weighted by molar-refractivity contribution is 6.39. The number of ketones is 3. The van der Waals surface area contributed by atoms with Crippen molar-refractivity contribution in [3.05, 3.63) is 47.6 Å². The number of nitrogens with zero attached hydrogens (tertiary/aromatic N) is 1. The summed E-state index contributed by atoms with van der Waals surface area (Å²) in [7, 11) is 3.04. The average molecular weight is 1030 g/mol. The smallest absolute Gasteiger partial charge is 0.328 e. The fourth-order valence-corrected chi connectivity index (χ4v) is 9.30. The number of Topliss-reactive ketones (excluding diaryl/α,β-unsaturated/α-hetero) is 3. The van der Waals surface area contributed by atoms with Crippen LogP contribution in [0.25, 0.3) is 0 Å². The number of allylic oxidation sites excluding steroid dienone is 6. The molecule has 13 atom stereocenters. The van der Waals surface area contributed by atoms with Crippen molar-refractivity contribution in [1.29, 1.82) is 0 Å². The number of methoxy groups -OCH3 is 2. The first kappa shape index (κ1) is 67.6. The highest BCUT2D eigenvalue weighted by Gasteiger charge is 2.51. The third-order valence-electron chi connectivity index (χ3n) is 14.3. The number of likely N-dealkylation sites (tertiary alicyclic amines) is 1. The molecule has 1 amide bonds. The fraction of sp³-hybridized carbons (Fsp3) is 0.776. The fourth-order valence-electron chi connectivity index (χ4n) is 9.30. The molecule has 0 bridgehead atoms. The molecule has 0 radical (unpaired) electrons. The van der Waals surface area contributed by atoms with Crippen LogP contribution in [0.1, 0.15) is 154 Å². The minimum absolute atomic E-state index is 0.00727. The molecule has 1 aliphatic carbocycles. The summed E-state index contributed by atoms with van der Waals surface area (Å²) in [6, 6.07) is -0.831. The molecule has 6 unspecified atom stereocenters. The molecule has 4 rings (SSSR count). The maximum absolute atomic E-state index is 13.0. The molecule has 3 N–H and O–H groups in total. The molecule has 0 aromatic carbocycles. The number of aliphatic hydroxyl groups excluding tert-OH is 2. The topological polar surface area (TPSA) is 205 Å². The monoisotopic (exact) mass is 1030 g/mol. The van der Waals surface area contributed by atoms with Crippen LogP contribution in [-0.4, -0.2) is 146 Å². The number of hydrogen-bond acceptors (Lipinski definition) is 14. The number of amides is 1. The maximum atomic E-state index is 13.0. The van der Waals surface area contributed by atoms with Crippen molar-refractivity contribution in [3.8, 4) is 0 Å². The molecule has 0 aromatic rings. The van der Waals surface area contributed by atoms with Crippen LogP contribution in [0.5, 0.6) is 0 Å². The number of ether oxygens (including phenoxy) is 6. The standard InChI is InChI=1S/C29H46O6.C25H41NO8.2C2H6/c1-19(12-10-9-11-13-20(2)25(7)35-18-26-16-34-17-26)14-22(4)27(31)29(33-8)28(32)23(5)15-21(3)24(6)30;1-16(13-18-9-10-20(27)21(14-18)32-3)15-33-24(30)19-8-4-5-11-26(19)23(29)22(28)25(31)17(2)7-6-12-34-25;2*1-2/h9-13,15,19,21-22,25-26,28-29,32H,14,16-18H2,1-8H3;16-21,27,31H,4-15H2,1-3H3;2*1-2H3/b11-9+,12-10?,20-13+,23-15+;;;/t19-,21-,22?,25+,28?,29+;16-,17?,18+,19?,20?,21-,25?;;/m11../s1. The third kappa shape index (κ3) is 22.4. The molecule has 4 fully saturated rings. The summed E-state index contributed by atoms with van der Waals surface area (Å²) in [6.45, 7) is 27.8. The quantitative estimate of drug-likeness (QED) is 0.0358. The molecule has 3 heterocycles. The van der Waals surface area contributed by atoms with E-state index >= 15 is 0 Å². The van der Waals surface area contributed by atoms with Gasteiger partial charge in [-0.05, 0) is 121 Å². The Morgan fingerprint density at radius 1 is 0.849 bits per heavy atom. The normalized spacial score (nSPS) is 26.7. The summed E-state index contributed by atoms with van der Waals surface area (Å²) in [5.74, 6) is -4.52. The van der Waals surface area contributed by atoms with E-state index in [-0.39, 0.29) is 67.2 Å². The van der Waals surface area contributed by atoms with E-state index in [0.29, 0.717) is 49.5 Å². The van der Waals surface area contributed by atoms with Gasteiger partial charge in [-0.1, -0.05) is 98.8 Å². The second-order valence-corrected chi connectivity index (χ2v) is 20.4. The van der Waals surface area contributed by atoms with Gasteiger partial charge in [-0.3, -0.25) is 19.2 Å². The Balaban J connectivity index is 0.000000683. The first-order valence-corrected chi connectivity index (χ1v) is 27.4. The molecule has 73 heavy (non-hydrogen) atoms. The molecule has 0 spiro atoms. The predicted octanol–water partition coefficient (Wildman–Crippen LogP) is 8.74. The van der Waals surface area contributed by atoms with Crippen molar-refractivity contribution in [2.24, 2.45) is 41.4 Å². The van der Waals surface area contributed by atoms with E-state index in [1.165, 1.54) is 18.9 Å².